The number of rotatable bonds is 4. The SMILES string of the molecule is O=C(O)N[C@@H]1C[C@H]2CN(C(=S)NCc3ccccc3)C[C@@]2(C(=O)N2CCc3ncc(C(F)(F)F)cc3C2)C1. The predicted octanol–water partition coefficient (Wildman–Crippen LogP) is 3.41. The summed E-state index contributed by atoms with van der Waals surface area (Å²) in [6.07, 6.45) is -3.68. The second-order valence-corrected chi connectivity index (χ2v) is 10.7. The van der Waals surface area contributed by atoms with Crippen LogP contribution in [0.15, 0.2) is 42.6 Å². The molecule has 1 aromatic carbocycles. The zero-order valence-corrected chi connectivity index (χ0v) is 21.3. The molecule has 2 aliphatic heterocycles. The fourth-order valence-corrected chi connectivity index (χ4v) is 6.31. The van der Waals surface area contributed by atoms with Gasteiger partial charge in [0, 0.05) is 57.1 Å². The molecule has 3 aliphatic rings. The Morgan fingerprint density at radius 3 is 2.68 bits per heavy atom. The predicted molar refractivity (Wildman–Crippen MR) is 136 cm³/mol. The van der Waals surface area contributed by atoms with E-state index in [1.165, 1.54) is 0 Å². The first-order valence-corrected chi connectivity index (χ1v) is 12.9. The number of likely N-dealkylation sites (tertiary alicyclic amines) is 1. The Morgan fingerprint density at radius 2 is 1.97 bits per heavy atom. The fourth-order valence-electron chi connectivity index (χ4n) is 6.10. The molecule has 5 rings (SSSR count). The lowest BCUT2D eigenvalue weighted by Crippen LogP contribution is -2.50. The van der Waals surface area contributed by atoms with Gasteiger partial charge in [0.15, 0.2) is 5.11 Å². The first-order valence-electron chi connectivity index (χ1n) is 12.5. The van der Waals surface area contributed by atoms with E-state index in [9.17, 15) is 27.9 Å². The van der Waals surface area contributed by atoms with Gasteiger partial charge >= 0.3 is 12.3 Å². The topological polar surface area (TPSA) is 97.8 Å². The van der Waals surface area contributed by atoms with Gasteiger partial charge in [-0.05, 0) is 48.2 Å². The number of carbonyl (C=O) groups excluding carboxylic acids is 1. The van der Waals surface area contributed by atoms with E-state index in [0.29, 0.717) is 61.8 Å². The molecule has 0 spiro atoms. The Labute approximate surface area is 223 Å². The molecule has 12 heteroatoms. The van der Waals surface area contributed by atoms with Crippen molar-refractivity contribution >= 4 is 29.3 Å². The van der Waals surface area contributed by atoms with Gasteiger partial charge in [0.1, 0.15) is 0 Å². The number of thiocarbonyl (C=S) groups is 1. The molecule has 0 radical (unpaired) electrons. The highest BCUT2D eigenvalue weighted by molar-refractivity contribution is 7.80. The van der Waals surface area contributed by atoms with Gasteiger partial charge in [-0.2, -0.15) is 13.2 Å². The second kappa shape index (κ2) is 10.0. The van der Waals surface area contributed by atoms with E-state index in [2.05, 4.69) is 15.6 Å². The first kappa shape index (κ1) is 26.2. The molecular formula is C26H28F3N5O3S. The van der Waals surface area contributed by atoms with Crippen LogP contribution in [0.25, 0.3) is 0 Å². The van der Waals surface area contributed by atoms with E-state index in [1.807, 2.05) is 35.2 Å². The molecule has 1 aliphatic carbocycles. The number of amides is 2. The lowest BCUT2D eigenvalue weighted by atomic mass is 9.78. The van der Waals surface area contributed by atoms with Crippen molar-refractivity contribution in [3.05, 3.63) is 65.0 Å². The lowest BCUT2D eigenvalue weighted by molar-refractivity contribution is -0.143. The first-order chi connectivity index (χ1) is 18.0. The molecule has 2 aromatic rings. The Bertz CT molecular complexity index is 1240. The normalized spacial score (nSPS) is 24.5. The standard InChI is InChI=1S/C26H28F3N5O3S/c27-26(28,29)18-8-17-13-33(7-6-21(17)30-12-18)22(35)25-10-20(32-24(36)37)9-19(25)14-34(15-25)23(38)31-11-16-4-2-1-3-5-16/h1-5,8,12,19-20,32H,6-7,9-11,13-15H2,(H,31,38)(H,36,37)/t19-,20+,25-/m0/s1. The average Bonchev–Trinajstić information content (AvgIpc) is 3.40. The van der Waals surface area contributed by atoms with Crippen LogP contribution >= 0.6 is 12.2 Å². The highest BCUT2D eigenvalue weighted by Gasteiger charge is 2.59. The highest BCUT2D eigenvalue weighted by Crippen LogP contribution is 2.50. The fraction of sp³-hybridized carbons (Fsp3) is 0.462. The van der Waals surface area contributed by atoms with Crippen LogP contribution in [0.1, 0.15) is 35.2 Å². The summed E-state index contributed by atoms with van der Waals surface area (Å²) in [4.78, 5) is 33.0. The Balaban J connectivity index is 1.34. The number of nitrogens with one attached hydrogen (secondary N) is 2. The largest absolute Gasteiger partial charge is 0.465 e. The summed E-state index contributed by atoms with van der Waals surface area (Å²) in [5, 5.41) is 15.6. The van der Waals surface area contributed by atoms with E-state index in [0.717, 1.165) is 17.8 Å². The Morgan fingerprint density at radius 1 is 1.21 bits per heavy atom. The second-order valence-electron chi connectivity index (χ2n) is 10.3. The molecule has 3 atom stereocenters. The van der Waals surface area contributed by atoms with E-state index >= 15 is 0 Å². The van der Waals surface area contributed by atoms with Gasteiger partial charge < -0.3 is 25.5 Å². The minimum absolute atomic E-state index is 0.0350. The van der Waals surface area contributed by atoms with Crippen molar-refractivity contribution in [3.63, 3.8) is 0 Å². The zero-order valence-electron chi connectivity index (χ0n) is 20.5. The van der Waals surface area contributed by atoms with Crippen molar-refractivity contribution in [2.24, 2.45) is 11.3 Å². The maximum Gasteiger partial charge on any atom is 0.417 e. The van der Waals surface area contributed by atoms with E-state index < -0.39 is 23.2 Å². The minimum Gasteiger partial charge on any atom is -0.465 e. The monoisotopic (exact) mass is 547 g/mol. The van der Waals surface area contributed by atoms with E-state index in [4.69, 9.17) is 12.2 Å². The third-order valence-corrected chi connectivity index (χ3v) is 8.26. The van der Waals surface area contributed by atoms with Gasteiger partial charge in [-0.25, -0.2) is 4.79 Å². The lowest BCUT2D eigenvalue weighted by Gasteiger charge is -2.37. The number of aromatic nitrogens is 1. The molecule has 38 heavy (non-hydrogen) atoms. The number of carboxylic acid groups (broad SMARTS) is 1. The van der Waals surface area contributed by atoms with Crippen LogP contribution in [0.2, 0.25) is 0 Å². The molecule has 202 valence electrons. The third-order valence-electron chi connectivity index (χ3n) is 7.86. The summed E-state index contributed by atoms with van der Waals surface area (Å²) in [7, 11) is 0. The maximum atomic E-state index is 14.1. The van der Waals surface area contributed by atoms with E-state index in [1.54, 1.807) is 4.90 Å². The molecule has 2 amide bonds. The third kappa shape index (κ3) is 5.13. The van der Waals surface area contributed by atoms with Crippen molar-refractivity contribution in [1.29, 1.82) is 0 Å². The van der Waals surface area contributed by atoms with Gasteiger partial charge in [0.05, 0.1) is 11.0 Å². The minimum atomic E-state index is -4.52. The number of pyridine rings is 1. The number of alkyl halides is 3. The van der Waals surface area contributed by atoms with Crippen LogP contribution in [0, 0.1) is 11.3 Å². The number of fused-ring (bicyclic) bond motifs is 2. The Kier molecular flexibility index (Phi) is 6.93. The van der Waals surface area contributed by atoms with Gasteiger partial charge in [-0.1, -0.05) is 30.3 Å². The van der Waals surface area contributed by atoms with E-state index in [-0.39, 0.29) is 24.4 Å². The summed E-state index contributed by atoms with van der Waals surface area (Å²) in [5.41, 5.74) is 0.283. The van der Waals surface area contributed by atoms with Crippen LogP contribution in [0.5, 0.6) is 0 Å². The molecule has 2 fully saturated rings. The molecular weight excluding hydrogens is 519 g/mol. The number of benzene rings is 1. The van der Waals surface area contributed by atoms with Crippen molar-refractivity contribution in [3.8, 4) is 0 Å². The molecule has 1 saturated heterocycles. The summed E-state index contributed by atoms with van der Waals surface area (Å²) in [6, 6.07) is 10.5. The summed E-state index contributed by atoms with van der Waals surface area (Å²) >= 11 is 5.65. The highest BCUT2D eigenvalue weighted by atomic mass is 32.1. The number of nitrogens with zero attached hydrogens (tertiary/aromatic N) is 3. The number of halogens is 3. The van der Waals surface area contributed by atoms with Crippen LogP contribution in [0.3, 0.4) is 0 Å². The molecule has 1 aromatic heterocycles. The van der Waals surface area contributed by atoms with Gasteiger partial charge in [0.25, 0.3) is 0 Å². The summed E-state index contributed by atoms with van der Waals surface area (Å²) < 4.78 is 39.8. The van der Waals surface area contributed by atoms with Gasteiger partial charge in [-0.3, -0.25) is 9.78 Å². The molecule has 0 bridgehead atoms. The van der Waals surface area contributed by atoms with Crippen molar-refractivity contribution in [2.45, 2.75) is 44.6 Å². The molecule has 8 nitrogen and oxygen atoms in total. The molecule has 0 unspecified atom stereocenters. The molecule has 3 N–H and O–H groups in total. The number of carbonyl (C=O) groups is 2. The molecule has 1 saturated carbocycles. The van der Waals surface area contributed by atoms with Gasteiger partial charge in [-0.15, -0.1) is 0 Å². The molecule has 3 heterocycles. The van der Waals surface area contributed by atoms with Crippen molar-refractivity contribution in [1.82, 2.24) is 25.4 Å². The zero-order chi connectivity index (χ0) is 27.1. The van der Waals surface area contributed by atoms with Crippen LogP contribution in [-0.2, 0) is 30.5 Å². The quantitative estimate of drug-likeness (QED) is 0.505. The van der Waals surface area contributed by atoms with Crippen molar-refractivity contribution < 1.29 is 27.9 Å². The smallest absolute Gasteiger partial charge is 0.417 e. The summed E-state index contributed by atoms with van der Waals surface area (Å²) in [5.74, 6) is -0.321. The van der Waals surface area contributed by atoms with Crippen molar-refractivity contribution in [2.75, 3.05) is 19.6 Å². The van der Waals surface area contributed by atoms with Crippen LogP contribution in [-0.4, -0.2) is 62.7 Å². The van der Waals surface area contributed by atoms with Crippen LogP contribution < -0.4 is 10.6 Å². The number of hydrogen-bond donors (Lipinski definition) is 3. The maximum absolute atomic E-state index is 14.1. The average molecular weight is 548 g/mol. The number of hydrogen-bond acceptors (Lipinski definition) is 4. The summed E-state index contributed by atoms with van der Waals surface area (Å²) in [6.45, 7) is 1.72. The van der Waals surface area contributed by atoms with Gasteiger partial charge in [0.2, 0.25) is 5.91 Å². The van der Waals surface area contributed by atoms with Crippen LogP contribution in [0.4, 0.5) is 18.0 Å². The Hall–Kier alpha value is -3.41.